The van der Waals surface area contributed by atoms with E-state index in [1.54, 1.807) is 30.3 Å². The summed E-state index contributed by atoms with van der Waals surface area (Å²) < 4.78 is 36.3. The van der Waals surface area contributed by atoms with Gasteiger partial charge in [-0.1, -0.05) is 43.7 Å². The molecule has 0 fully saturated rings. The Hall–Kier alpha value is -2.86. The van der Waals surface area contributed by atoms with E-state index in [9.17, 15) is 22.8 Å². The summed E-state index contributed by atoms with van der Waals surface area (Å²) in [7, 11) is -4.01. The van der Waals surface area contributed by atoms with Crippen molar-refractivity contribution in [1.82, 2.24) is 15.4 Å². The second-order valence-corrected chi connectivity index (χ2v) is 8.06. The third-order valence-electron chi connectivity index (χ3n) is 3.57. The molecule has 1 atom stereocenters. The normalized spacial score (nSPS) is 11.9. The van der Waals surface area contributed by atoms with Gasteiger partial charge in [-0.15, -0.1) is 0 Å². The molecule has 11 nitrogen and oxygen atoms in total. The summed E-state index contributed by atoms with van der Waals surface area (Å²) in [5.74, 6) is -1.91. The Morgan fingerprint density at radius 1 is 1.07 bits per heavy atom. The Labute approximate surface area is 175 Å². The number of sulfonamides is 1. The molecule has 0 spiro atoms. The highest BCUT2D eigenvalue weighted by atomic mass is 32.2. The highest BCUT2D eigenvalue weighted by Crippen LogP contribution is 2.01. The first-order valence-corrected chi connectivity index (χ1v) is 11.0. The predicted molar refractivity (Wildman–Crippen MR) is 107 cm³/mol. The lowest BCUT2D eigenvalue weighted by atomic mass is 10.2. The smallest absolute Gasteiger partial charge is 0.409 e. The van der Waals surface area contributed by atoms with Crippen molar-refractivity contribution in [3.8, 4) is 0 Å². The Kier molecular flexibility index (Phi) is 11.2. The Morgan fingerprint density at radius 2 is 1.70 bits per heavy atom. The average molecular weight is 445 g/mol. The molecule has 4 N–H and O–H groups in total. The summed E-state index contributed by atoms with van der Waals surface area (Å²) in [5, 5.41) is 13.1. The number of hydrogen-bond acceptors (Lipinski definition) is 7. The van der Waals surface area contributed by atoms with E-state index < -0.39 is 46.5 Å². The van der Waals surface area contributed by atoms with Crippen LogP contribution in [-0.2, 0) is 30.9 Å². The molecule has 1 rings (SSSR count). The number of amides is 2. The number of unbranched alkanes of at least 4 members (excludes halogenated alkanes) is 1. The van der Waals surface area contributed by atoms with Crippen molar-refractivity contribution in [2.24, 2.45) is 0 Å². The molecule has 1 aromatic carbocycles. The van der Waals surface area contributed by atoms with Crippen LogP contribution in [0.2, 0.25) is 0 Å². The number of carbonyl (C=O) groups excluding carboxylic acids is 2. The monoisotopic (exact) mass is 445 g/mol. The fourth-order valence-corrected chi connectivity index (χ4v) is 3.25. The number of aliphatic carboxylic acids is 1. The van der Waals surface area contributed by atoms with Gasteiger partial charge in [0.25, 0.3) is 0 Å². The van der Waals surface area contributed by atoms with Gasteiger partial charge >= 0.3 is 18.2 Å². The summed E-state index contributed by atoms with van der Waals surface area (Å²) in [6.07, 6.45) is -2.20. The Bertz CT molecular complexity index is 786. The number of nitrogens with one attached hydrogen (secondary N) is 3. The number of carboxylic acid groups (broad SMARTS) is 1. The van der Waals surface area contributed by atoms with E-state index in [1.165, 1.54) is 0 Å². The number of rotatable bonds is 13. The Balaban J connectivity index is 2.67. The van der Waals surface area contributed by atoms with Crippen molar-refractivity contribution in [1.29, 1.82) is 0 Å². The zero-order valence-corrected chi connectivity index (χ0v) is 17.4. The molecule has 0 bridgehead atoms. The van der Waals surface area contributed by atoms with Crippen LogP contribution in [0, 0.1) is 0 Å². The number of benzene rings is 1. The molecular formula is C18H27N3O8S. The van der Waals surface area contributed by atoms with Crippen molar-refractivity contribution >= 4 is 28.2 Å². The average Bonchev–Trinajstić information content (AvgIpc) is 2.66. The molecule has 0 saturated carbocycles. The zero-order chi connectivity index (χ0) is 22.4. The molecule has 0 aliphatic carbocycles. The molecular weight excluding hydrogens is 418 g/mol. The van der Waals surface area contributed by atoms with E-state index in [0.29, 0.717) is 6.42 Å². The first kappa shape index (κ1) is 25.2. The summed E-state index contributed by atoms with van der Waals surface area (Å²) in [6, 6.07) is 8.82. The number of carbonyl (C=O) groups is 3. The minimum atomic E-state index is -4.01. The van der Waals surface area contributed by atoms with Crippen LogP contribution in [0.3, 0.4) is 0 Å². The molecule has 12 heteroatoms. The van der Waals surface area contributed by atoms with Crippen molar-refractivity contribution in [3.63, 3.8) is 0 Å². The molecule has 0 heterocycles. The SMILES string of the molecule is CCCCOC(=O)N[C@H](CS(=O)(=O)NCCC(=O)O)NC(=O)OCc1ccccc1. The molecule has 2 amide bonds. The van der Waals surface area contributed by atoms with Crippen LogP contribution in [0.15, 0.2) is 30.3 Å². The van der Waals surface area contributed by atoms with Gasteiger partial charge in [-0.25, -0.2) is 22.7 Å². The summed E-state index contributed by atoms with van der Waals surface area (Å²) >= 11 is 0. The van der Waals surface area contributed by atoms with Crippen molar-refractivity contribution in [3.05, 3.63) is 35.9 Å². The predicted octanol–water partition coefficient (Wildman–Crippen LogP) is 1.16. The first-order valence-electron chi connectivity index (χ1n) is 9.31. The lowest BCUT2D eigenvalue weighted by Crippen LogP contribution is -2.53. The van der Waals surface area contributed by atoms with E-state index in [0.717, 1.165) is 12.0 Å². The van der Waals surface area contributed by atoms with Crippen LogP contribution < -0.4 is 15.4 Å². The second kappa shape index (κ2) is 13.4. The molecule has 0 aliphatic rings. The highest BCUT2D eigenvalue weighted by molar-refractivity contribution is 7.89. The van der Waals surface area contributed by atoms with Gasteiger partial charge in [-0.2, -0.15) is 0 Å². The Morgan fingerprint density at radius 3 is 2.30 bits per heavy atom. The lowest BCUT2D eigenvalue weighted by molar-refractivity contribution is -0.136. The van der Waals surface area contributed by atoms with Gasteiger partial charge in [0, 0.05) is 6.54 Å². The van der Waals surface area contributed by atoms with Gasteiger partial charge in [0.15, 0.2) is 0 Å². The standard InChI is InChI=1S/C18H27N3O8S/c1-2-3-11-28-17(24)20-15(13-30(26,27)19-10-9-16(22)23)21-18(25)29-12-14-7-5-4-6-8-14/h4-8,15,19H,2-3,9-13H2,1H3,(H,20,24)(H,21,25)(H,22,23)/t15-/m0/s1. The van der Waals surface area contributed by atoms with Gasteiger partial charge in [-0.3, -0.25) is 4.79 Å². The van der Waals surface area contributed by atoms with E-state index >= 15 is 0 Å². The minimum Gasteiger partial charge on any atom is -0.481 e. The number of ether oxygens (including phenoxy) is 2. The lowest BCUT2D eigenvalue weighted by Gasteiger charge is -2.20. The zero-order valence-electron chi connectivity index (χ0n) is 16.6. The fraction of sp³-hybridized carbons (Fsp3) is 0.500. The topological polar surface area (TPSA) is 160 Å². The third-order valence-corrected chi connectivity index (χ3v) is 4.99. The van der Waals surface area contributed by atoms with Crippen molar-refractivity contribution in [2.75, 3.05) is 18.9 Å². The minimum absolute atomic E-state index is 0.0516. The van der Waals surface area contributed by atoms with Gasteiger partial charge in [0.2, 0.25) is 10.0 Å². The van der Waals surface area contributed by atoms with Gasteiger partial charge in [0.1, 0.15) is 18.5 Å². The van der Waals surface area contributed by atoms with Crippen LogP contribution in [0.1, 0.15) is 31.7 Å². The molecule has 0 aliphatic heterocycles. The maximum Gasteiger partial charge on any atom is 0.409 e. The van der Waals surface area contributed by atoms with Crippen LogP contribution in [0.25, 0.3) is 0 Å². The van der Waals surface area contributed by atoms with Crippen molar-refractivity contribution < 1.29 is 37.4 Å². The molecule has 1 aromatic rings. The van der Waals surface area contributed by atoms with E-state index in [4.69, 9.17) is 14.6 Å². The van der Waals surface area contributed by atoms with Crippen LogP contribution in [0.5, 0.6) is 0 Å². The second-order valence-electron chi connectivity index (χ2n) is 6.21. The maximum absolute atomic E-state index is 12.1. The third kappa shape index (κ3) is 11.9. The molecule has 0 saturated heterocycles. The van der Waals surface area contributed by atoms with Crippen LogP contribution in [0.4, 0.5) is 9.59 Å². The summed E-state index contributed by atoms with van der Waals surface area (Å²) in [6.45, 7) is 1.66. The van der Waals surface area contributed by atoms with Crippen LogP contribution >= 0.6 is 0 Å². The number of hydrogen-bond donors (Lipinski definition) is 4. The first-order chi connectivity index (χ1) is 14.2. The fourth-order valence-electron chi connectivity index (χ4n) is 2.11. The molecule has 0 aromatic heterocycles. The summed E-state index contributed by atoms with van der Waals surface area (Å²) in [5.41, 5.74) is 0.721. The summed E-state index contributed by atoms with van der Waals surface area (Å²) in [4.78, 5) is 34.4. The van der Waals surface area contributed by atoms with Gasteiger partial charge in [0.05, 0.1) is 13.0 Å². The molecule has 0 unspecified atom stereocenters. The van der Waals surface area contributed by atoms with E-state index in [-0.39, 0.29) is 19.8 Å². The number of carboxylic acids is 1. The molecule has 168 valence electrons. The van der Waals surface area contributed by atoms with Gasteiger partial charge in [-0.05, 0) is 12.0 Å². The highest BCUT2D eigenvalue weighted by Gasteiger charge is 2.24. The largest absolute Gasteiger partial charge is 0.481 e. The molecule has 30 heavy (non-hydrogen) atoms. The van der Waals surface area contributed by atoms with E-state index in [2.05, 4.69) is 15.4 Å². The molecule has 0 radical (unpaired) electrons. The quantitative estimate of drug-likeness (QED) is 0.260. The van der Waals surface area contributed by atoms with Gasteiger partial charge < -0.3 is 25.2 Å². The van der Waals surface area contributed by atoms with Crippen molar-refractivity contribution in [2.45, 2.75) is 39.0 Å². The number of alkyl carbamates (subject to hydrolysis) is 2. The van der Waals surface area contributed by atoms with E-state index in [1.807, 2.05) is 6.92 Å². The maximum atomic E-state index is 12.1. The van der Waals surface area contributed by atoms with Crippen LogP contribution in [-0.4, -0.2) is 56.8 Å².